The van der Waals surface area contributed by atoms with Crippen LogP contribution >= 0.6 is 0 Å². The van der Waals surface area contributed by atoms with Crippen LogP contribution < -0.4 is 0 Å². The predicted octanol–water partition coefficient (Wildman–Crippen LogP) is 1.76. The average Bonchev–Trinajstić information content (AvgIpc) is 2.62. The van der Waals surface area contributed by atoms with Crippen molar-refractivity contribution in [1.29, 1.82) is 0 Å². The van der Waals surface area contributed by atoms with E-state index in [4.69, 9.17) is 0 Å². The van der Waals surface area contributed by atoms with Gasteiger partial charge in [0.2, 0.25) is 0 Å². The van der Waals surface area contributed by atoms with Crippen LogP contribution in [0.2, 0.25) is 0 Å². The predicted molar refractivity (Wildman–Crippen MR) is 63.4 cm³/mol. The smallest absolute Gasteiger partial charge is 0.305 e. The summed E-state index contributed by atoms with van der Waals surface area (Å²) in [5.41, 5.74) is 0.769. The minimum atomic E-state index is -0.572. The summed E-state index contributed by atoms with van der Waals surface area (Å²) in [4.78, 5) is 22.2. The maximum Gasteiger partial charge on any atom is 0.305 e. The summed E-state index contributed by atoms with van der Waals surface area (Å²) in [5, 5.41) is 9.25. The van der Waals surface area contributed by atoms with Gasteiger partial charge in [0, 0.05) is 12.8 Å². The Morgan fingerprint density at radius 1 is 1.41 bits per heavy atom. The van der Waals surface area contributed by atoms with Crippen molar-refractivity contribution in [3.8, 4) is 0 Å². The number of hydrogen-bond donors (Lipinski definition) is 1. The number of esters is 1. The number of ketones is 1. The lowest BCUT2D eigenvalue weighted by Gasteiger charge is -2.01. The van der Waals surface area contributed by atoms with E-state index in [-0.39, 0.29) is 18.2 Å². The van der Waals surface area contributed by atoms with Crippen LogP contribution in [0.25, 0.3) is 0 Å². The number of unbranched alkanes of at least 4 members (excludes halogenated alkanes) is 3. The first-order valence-corrected chi connectivity index (χ1v) is 6.12. The highest BCUT2D eigenvalue weighted by molar-refractivity contribution is 5.98. The molecule has 0 aromatic heterocycles. The number of allylic oxidation sites excluding steroid dienone is 1. The highest BCUT2D eigenvalue weighted by atomic mass is 16.5. The Morgan fingerprint density at radius 3 is 2.71 bits per heavy atom. The van der Waals surface area contributed by atoms with Crippen molar-refractivity contribution in [1.82, 2.24) is 0 Å². The van der Waals surface area contributed by atoms with Crippen molar-refractivity contribution < 1.29 is 19.4 Å². The van der Waals surface area contributed by atoms with Gasteiger partial charge in [-0.15, -0.1) is 0 Å². The van der Waals surface area contributed by atoms with E-state index in [1.807, 2.05) is 0 Å². The molecule has 0 aromatic rings. The van der Waals surface area contributed by atoms with Crippen LogP contribution in [0.1, 0.15) is 44.9 Å². The zero-order valence-electron chi connectivity index (χ0n) is 10.3. The topological polar surface area (TPSA) is 63.6 Å². The highest BCUT2D eigenvalue weighted by Crippen LogP contribution is 2.20. The van der Waals surface area contributed by atoms with Gasteiger partial charge >= 0.3 is 5.97 Å². The number of ether oxygens (including phenoxy) is 1. The van der Waals surface area contributed by atoms with Gasteiger partial charge in [-0.1, -0.05) is 12.8 Å². The first-order valence-electron chi connectivity index (χ1n) is 6.12. The number of Topliss-reactive ketones (excluding diaryl/α,β-unsaturated/α-hetero) is 1. The third-order valence-corrected chi connectivity index (χ3v) is 2.95. The lowest BCUT2D eigenvalue weighted by molar-refractivity contribution is -0.140. The van der Waals surface area contributed by atoms with E-state index in [1.54, 1.807) is 6.08 Å². The first-order chi connectivity index (χ1) is 8.13. The number of methoxy groups -OCH3 is 1. The maximum absolute atomic E-state index is 11.3. The second-order valence-corrected chi connectivity index (χ2v) is 4.38. The SMILES string of the molecule is COC(=O)CCCCCCC1=C[C@H](O)CC1=O. The van der Waals surface area contributed by atoms with Crippen molar-refractivity contribution in [2.45, 2.75) is 51.0 Å². The van der Waals surface area contributed by atoms with Crippen LogP contribution in [0.3, 0.4) is 0 Å². The van der Waals surface area contributed by atoms with Gasteiger partial charge in [-0.2, -0.15) is 0 Å². The van der Waals surface area contributed by atoms with Gasteiger partial charge in [-0.25, -0.2) is 0 Å². The van der Waals surface area contributed by atoms with E-state index in [9.17, 15) is 14.7 Å². The number of aliphatic hydroxyl groups is 1. The van der Waals surface area contributed by atoms with Crippen molar-refractivity contribution in [3.05, 3.63) is 11.6 Å². The lowest BCUT2D eigenvalue weighted by Crippen LogP contribution is -2.01. The van der Waals surface area contributed by atoms with Gasteiger partial charge in [-0.05, 0) is 30.9 Å². The third kappa shape index (κ3) is 5.13. The largest absolute Gasteiger partial charge is 0.469 e. The molecule has 0 fully saturated rings. The van der Waals surface area contributed by atoms with Crippen molar-refractivity contribution in [3.63, 3.8) is 0 Å². The number of carbonyl (C=O) groups excluding carboxylic acids is 2. The molecule has 0 bridgehead atoms. The maximum atomic E-state index is 11.3. The summed E-state index contributed by atoms with van der Waals surface area (Å²) < 4.78 is 4.54. The minimum absolute atomic E-state index is 0.0760. The van der Waals surface area contributed by atoms with Crippen molar-refractivity contribution in [2.75, 3.05) is 7.11 Å². The second kappa shape index (κ2) is 7.22. The molecule has 4 nitrogen and oxygen atoms in total. The highest BCUT2D eigenvalue weighted by Gasteiger charge is 2.21. The summed E-state index contributed by atoms with van der Waals surface area (Å²) >= 11 is 0. The van der Waals surface area contributed by atoms with Crippen LogP contribution in [0, 0.1) is 0 Å². The zero-order chi connectivity index (χ0) is 12.7. The van der Waals surface area contributed by atoms with Crippen LogP contribution in [-0.4, -0.2) is 30.1 Å². The van der Waals surface area contributed by atoms with Gasteiger partial charge in [0.05, 0.1) is 13.2 Å². The molecular weight excluding hydrogens is 220 g/mol. The summed E-state index contributed by atoms with van der Waals surface area (Å²) in [7, 11) is 1.39. The molecule has 0 spiro atoms. The third-order valence-electron chi connectivity index (χ3n) is 2.95. The molecule has 17 heavy (non-hydrogen) atoms. The quantitative estimate of drug-likeness (QED) is 0.544. The minimum Gasteiger partial charge on any atom is -0.469 e. The molecule has 0 heterocycles. The van der Waals surface area contributed by atoms with Gasteiger partial charge < -0.3 is 9.84 Å². The molecule has 0 radical (unpaired) electrons. The number of hydrogen-bond acceptors (Lipinski definition) is 4. The normalized spacial score (nSPS) is 19.3. The van der Waals surface area contributed by atoms with Crippen molar-refractivity contribution >= 4 is 11.8 Å². The Labute approximate surface area is 102 Å². The fourth-order valence-electron chi connectivity index (χ4n) is 1.97. The summed E-state index contributed by atoms with van der Waals surface area (Å²) in [6.07, 6.45) is 6.29. The molecule has 0 aliphatic heterocycles. The zero-order valence-corrected chi connectivity index (χ0v) is 10.3. The molecule has 0 saturated carbocycles. The Balaban J connectivity index is 2.03. The first kappa shape index (κ1) is 13.9. The van der Waals surface area contributed by atoms with Crippen LogP contribution in [0.15, 0.2) is 11.6 Å². The van der Waals surface area contributed by atoms with E-state index < -0.39 is 6.10 Å². The fourth-order valence-corrected chi connectivity index (χ4v) is 1.97. The molecule has 0 unspecified atom stereocenters. The summed E-state index contributed by atoms with van der Waals surface area (Å²) in [5.74, 6) is -0.0890. The van der Waals surface area contributed by atoms with Gasteiger partial charge in [0.1, 0.15) is 0 Å². The molecule has 1 atom stereocenters. The standard InChI is InChI=1S/C13H20O4/c1-17-13(16)7-5-3-2-4-6-10-8-11(14)9-12(10)15/h8,11,14H,2-7,9H2,1H3/t11-/m0/s1. The molecule has 0 aromatic carbocycles. The van der Waals surface area contributed by atoms with Crippen LogP contribution in [0.5, 0.6) is 0 Å². The summed E-state index contributed by atoms with van der Waals surface area (Å²) in [6.45, 7) is 0. The number of aliphatic hydroxyl groups excluding tert-OH is 1. The Kier molecular flexibility index (Phi) is 5.91. The molecular formula is C13H20O4. The van der Waals surface area contributed by atoms with Crippen LogP contribution in [-0.2, 0) is 14.3 Å². The summed E-state index contributed by atoms with van der Waals surface area (Å²) in [6, 6.07) is 0. The molecule has 1 aliphatic rings. The molecule has 0 amide bonds. The number of rotatable bonds is 7. The average molecular weight is 240 g/mol. The molecule has 4 heteroatoms. The van der Waals surface area contributed by atoms with E-state index in [2.05, 4.69) is 4.74 Å². The monoisotopic (exact) mass is 240 g/mol. The lowest BCUT2D eigenvalue weighted by atomic mass is 10.0. The van der Waals surface area contributed by atoms with Crippen molar-refractivity contribution in [2.24, 2.45) is 0 Å². The van der Waals surface area contributed by atoms with E-state index >= 15 is 0 Å². The Morgan fingerprint density at radius 2 is 2.12 bits per heavy atom. The molecule has 0 saturated heterocycles. The van der Waals surface area contributed by atoms with Gasteiger partial charge in [0.15, 0.2) is 5.78 Å². The van der Waals surface area contributed by atoms with E-state index in [0.717, 1.165) is 37.7 Å². The fraction of sp³-hybridized carbons (Fsp3) is 0.692. The van der Waals surface area contributed by atoms with E-state index in [0.29, 0.717) is 6.42 Å². The van der Waals surface area contributed by atoms with Gasteiger partial charge in [-0.3, -0.25) is 9.59 Å². The van der Waals surface area contributed by atoms with Crippen LogP contribution in [0.4, 0.5) is 0 Å². The molecule has 1 rings (SSSR count). The molecule has 1 aliphatic carbocycles. The number of carbonyl (C=O) groups is 2. The molecule has 96 valence electrons. The van der Waals surface area contributed by atoms with E-state index in [1.165, 1.54) is 7.11 Å². The molecule has 1 N–H and O–H groups in total. The Hall–Kier alpha value is -1.16. The Bertz CT molecular complexity index is 307. The van der Waals surface area contributed by atoms with Gasteiger partial charge in [0.25, 0.3) is 0 Å². The second-order valence-electron chi connectivity index (χ2n) is 4.38.